The summed E-state index contributed by atoms with van der Waals surface area (Å²) in [5.74, 6) is -0.329. The summed E-state index contributed by atoms with van der Waals surface area (Å²) >= 11 is 0. The van der Waals surface area contributed by atoms with Crippen LogP contribution < -0.4 is 0 Å². The van der Waals surface area contributed by atoms with E-state index in [0.29, 0.717) is 37.9 Å². The van der Waals surface area contributed by atoms with Crippen LogP contribution >= 0.6 is 0 Å². The largest absolute Gasteiger partial charge is 0.389 e. The molecule has 2 aromatic carbocycles. The molecule has 0 unspecified atom stereocenters. The van der Waals surface area contributed by atoms with Crippen molar-refractivity contribution in [2.45, 2.75) is 31.8 Å². The number of fused-ring (bicyclic) bond motifs is 1. The van der Waals surface area contributed by atoms with Crippen LogP contribution in [-0.4, -0.2) is 39.6 Å². The number of aliphatic hydroxyl groups is 1. The molecule has 5 heteroatoms. The Hall–Kier alpha value is -2.79. The molecule has 0 spiro atoms. The minimum Gasteiger partial charge on any atom is -0.389 e. The van der Waals surface area contributed by atoms with E-state index in [1.54, 1.807) is 11.0 Å². The van der Waals surface area contributed by atoms with Crippen LogP contribution in [0.2, 0.25) is 0 Å². The Morgan fingerprint density at radius 1 is 1.14 bits per heavy atom. The van der Waals surface area contributed by atoms with Gasteiger partial charge in [0.2, 0.25) is 0 Å². The van der Waals surface area contributed by atoms with Gasteiger partial charge in [-0.3, -0.25) is 9.78 Å². The quantitative estimate of drug-likeness (QED) is 0.752. The number of aromatic nitrogens is 1. The number of likely N-dealkylation sites (tertiary alicyclic amines) is 1. The number of hydrogen-bond acceptors (Lipinski definition) is 3. The van der Waals surface area contributed by atoms with E-state index in [1.165, 1.54) is 12.1 Å². The molecule has 0 aliphatic carbocycles. The number of amides is 1. The van der Waals surface area contributed by atoms with Gasteiger partial charge in [0, 0.05) is 36.2 Å². The number of nitrogens with zero attached hydrogens (tertiary/aromatic N) is 2. The molecule has 144 valence electrons. The summed E-state index contributed by atoms with van der Waals surface area (Å²) < 4.78 is 13.4. The van der Waals surface area contributed by atoms with Crippen molar-refractivity contribution in [1.29, 1.82) is 0 Å². The Kier molecular flexibility index (Phi) is 4.85. The summed E-state index contributed by atoms with van der Waals surface area (Å²) in [4.78, 5) is 19.1. The zero-order valence-electron chi connectivity index (χ0n) is 15.9. The smallest absolute Gasteiger partial charge is 0.253 e. The molecule has 4 nitrogen and oxygen atoms in total. The average Bonchev–Trinajstić information content (AvgIpc) is 2.67. The molecule has 1 aliphatic rings. The molecule has 1 fully saturated rings. The highest BCUT2D eigenvalue weighted by Crippen LogP contribution is 2.28. The van der Waals surface area contributed by atoms with Crippen molar-refractivity contribution in [3.05, 3.63) is 77.2 Å². The molecular formula is C23H23FN2O2. The van der Waals surface area contributed by atoms with E-state index in [0.717, 1.165) is 22.2 Å². The van der Waals surface area contributed by atoms with Gasteiger partial charge >= 0.3 is 0 Å². The van der Waals surface area contributed by atoms with Crippen molar-refractivity contribution in [1.82, 2.24) is 9.88 Å². The van der Waals surface area contributed by atoms with Gasteiger partial charge in [0.05, 0.1) is 11.1 Å². The van der Waals surface area contributed by atoms with Crippen molar-refractivity contribution in [2.24, 2.45) is 0 Å². The van der Waals surface area contributed by atoms with Gasteiger partial charge in [-0.05, 0) is 61.7 Å². The van der Waals surface area contributed by atoms with Crippen molar-refractivity contribution in [3.63, 3.8) is 0 Å². The normalized spacial score (nSPS) is 16.3. The fourth-order valence-corrected chi connectivity index (χ4v) is 3.87. The number of rotatable bonds is 3. The van der Waals surface area contributed by atoms with E-state index < -0.39 is 5.60 Å². The number of benzene rings is 2. The van der Waals surface area contributed by atoms with Crippen LogP contribution in [0.3, 0.4) is 0 Å². The summed E-state index contributed by atoms with van der Waals surface area (Å²) in [6.45, 7) is 2.90. The van der Waals surface area contributed by atoms with Crippen LogP contribution in [0.4, 0.5) is 4.39 Å². The number of pyridine rings is 1. The highest BCUT2D eigenvalue weighted by atomic mass is 19.1. The number of carbonyl (C=O) groups excluding carboxylic acids is 1. The van der Waals surface area contributed by atoms with E-state index in [2.05, 4.69) is 4.98 Å². The minimum absolute atomic E-state index is 0.0321. The number of carbonyl (C=O) groups is 1. The molecule has 1 aromatic heterocycles. The monoisotopic (exact) mass is 378 g/mol. The van der Waals surface area contributed by atoms with E-state index in [-0.39, 0.29) is 11.7 Å². The SMILES string of the molecule is Cc1ccc2cc(C(=O)N3CCC(O)(Cc4cccc(F)c4)CC3)ccc2n1. The lowest BCUT2D eigenvalue weighted by Gasteiger charge is -2.38. The molecule has 0 radical (unpaired) electrons. The van der Waals surface area contributed by atoms with Gasteiger partial charge < -0.3 is 10.0 Å². The Morgan fingerprint density at radius 2 is 1.93 bits per heavy atom. The molecule has 4 rings (SSSR count). The first kappa shape index (κ1) is 18.6. The number of piperidine rings is 1. The summed E-state index contributed by atoms with van der Waals surface area (Å²) in [5, 5.41) is 11.8. The third-order valence-corrected chi connectivity index (χ3v) is 5.48. The zero-order valence-corrected chi connectivity index (χ0v) is 15.9. The third-order valence-electron chi connectivity index (χ3n) is 5.48. The van der Waals surface area contributed by atoms with Crippen LogP contribution in [-0.2, 0) is 6.42 Å². The van der Waals surface area contributed by atoms with Crippen molar-refractivity contribution in [3.8, 4) is 0 Å². The molecule has 0 atom stereocenters. The zero-order chi connectivity index (χ0) is 19.7. The molecule has 1 amide bonds. The van der Waals surface area contributed by atoms with E-state index in [1.807, 2.05) is 43.3 Å². The number of halogens is 1. The van der Waals surface area contributed by atoms with Gasteiger partial charge in [0.1, 0.15) is 5.82 Å². The summed E-state index contributed by atoms with van der Waals surface area (Å²) in [6.07, 6.45) is 1.35. The van der Waals surface area contributed by atoms with Crippen LogP contribution in [0, 0.1) is 12.7 Å². The maximum absolute atomic E-state index is 13.4. The molecule has 1 aliphatic heterocycles. The topological polar surface area (TPSA) is 53.4 Å². The molecule has 0 bridgehead atoms. The molecule has 1 N–H and O–H groups in total. The summed E-state index contributed by atoms with van der Waals surface area (Å²) in [6, 6.07) is 15.8. The Balaban J connectivity index is 1.44. The van der Waals surface area contributed by atoms with Gasteiger partial charge in [0.15, 0.2) is 0 Å². The lowest BCUT2D eigenvalue weighted by atomic mass is 9.85. The van der Waals surface area contributed by atoms with Gasteiger partial charge in [-0.25, -0.2) is 4.39 Å². The minimum atomic E-state index is -0.907. The van der Waals surface area contributed by atoms with Gasteiger partial charge in [0.25, 0.3) is 5.91 Å². The standard InChI is InChI=1S/C23H23FN2O2/c1-16-5-6-18-14-19(7-8-21(18)25-16)22(27)26-11-9-23(28,10-12-26)15-17-3-2-4-20(24)13-17/h2-8,13-14,28H,9-12,15H2,1H3. The lowest BCUT2D eigenvalue weighted by Crippen LogP contribution is -2.47. The lowest BCUT2D eigenvalue weighted by molar-refractivity contribution is -0.0162. The highest BCUT2D eigenvalue weighted by Gasteiger charge is 2.34. The van der Waals surface area contributed by atoms with Crippen LogP contribution in [0.1, 0.15) is 34.5 Å². The van der Waals surface area contributed by atoms with Crippen molar-refractivity contribution >= 4 is 16.8 Å². The van der Waals surface area contributed by atoms with E-state index >= 15 is 0 Å². The highest BCUT2D eigenvalue weighted by molar-refractivity contribution is 5.98. The average molecular weight is 378 g/mol. The number of hydrogen-bond donors (Lipinski definition) is 1. The first-order chi connectivity index (χ1) is 13.4. The molecular weight excluding hydrogens is 355 g/mol. The predicted molar refractivity (Wildman–Crippen MR) is 107 cm³/mol. The van der Waals surface area contributed by atoms with Gasteiger partial charge in [-0.1, -0.05) is 18.2 Å². The van der Waals surface area contributed by atoms with E-state index in [4.69, 9.17) is 0 Å². The first-order valence-corrected chi connectivity index (χ1v) is 9.55. The van der Waals surface area contributed by atoms with Crippen LogP contribution in [0.5, 0.6) is 0 Å². The Bertz CT molecular complexity index is 1030. The predicted octanol–water partition coefficient (Wildman–Crippen LogP) is 3.89. The summed E-state index contributed by atoms with van der Waals surface area (Å²) in [7, 11) is 0. The maximum atomic E-state index is 13.4. The van der Waals surface area contributed by atoms with Gasteiger partial charge in [-0.15, -0.1) is 0 Å². The van der Waals surface area contributed by atoms with Crippen LogP contribution in [0.15, 0.2) is 54.6 Å². The van der Waals surface area contributed by atoms with Crippen molar-refractivity contribution in [2.75, 3.05) is 13.1 Å². The molecule has 1 saturated heterocycles. The molecule has 3 aromatic rings. The Morgan fingerprint density at radius 3 is 2.68 bits per heavy atom. The molecule has 0 saturated carbocycles. The second-order valence-corrected chi connectivity index (χ2v) is 7.68. The molecule has 2 heterocycles. The second kappa shape index (κ2) is 7.32. The second-order valence-electron chi connectivity index (χ2n) is 7.68. The summed E-state index contributed by atoms with van der Waals surface area (Å²) in [5.41, 5.74) is 2.32. The third kappa shape index (κ3) is 3.90. The van der Waals surface area contributed by atoms with Gasteiger partial charge in [-0.2, -0.15) is 0 Å². The maximum Gasteiger partial charge on any atom is 0.253 e. The molecule has 28 heavy (non-hydrogen) atoms. The Labute approximate surface area is 163 Å². The van der Waals surface area contributed by atoms with Crippen LogP contribution in [0.25, 0.3) is 10.9 Å². The fourth-order valence-electron chi connectivity index (χ4n) is 3.87. The fraction of sp³-hybridized carbons (Fsp3) is 0.304. The van der Waals surface area contributed by atoms with Crippen molar-refractivity contribution < 1.29 is 14.3 Å². The van der Waals surface area contributed by atoms with E-state index in [9.17, 15) is 14.3 Å². The number of aryl methyl sites for hydroxylation is 1. The first-order valence-electron chi connectivity index (χ1n) is 9.55.